The molecule has 0 radical (unpaired) electrons. The molecular weight excluding hydrogens is 248 g/mol. The van der Waals surface area contributed by atoms with E-state index in [1.807, 2.05) is 6.92 Å². The molecule has 0 aromatic heterocycles. The summed E-state index contributed by atoms with van der Waals surface area (Å²) in [4.78, 5) is 9.31. The maximum Gasteiger partial charge on any atom is 0.505 e. The Morgan fingerprint density at radius 1 is 1.29 bits per heavy atom. The molecule has 1 aromatic carbocycles. The first kappa shape index (κ1) is 15.4. The molecule has 17 heavy (non-hydrogen) atoms. The normalized spacial score (nSPS) is 10.1. The fraction of sp³-hybridized carbons (Fsp3) is 0.300. The lowest BCUT2D eigenvalue weighted by Gasteiger charge is -1.95. The van der Waals surface area contributed by atoms with E-state index in [9.17, 15) is 13.2 Å². The summed E-state index contributed by atoms with van der Waals surface area (Å²) in [6.45, 7) is 3.69. The summed E-state index contributed by atoms with van der Waals surface area (Å²) in [7, 11) is -4.02. The topological polar surface area (TPSA) is 101 Å². The Hall–Kier alpha value is -1.60. The molecule has 2 N–H and O–H groups in total. The summed E-state index contributed by atoms with van der Waals surface area (Å²) in [6.07, 6.45) is -1.21. The molecule has 7 heteroatoms. The minimum Gasteiger partial charge on any atom is -0.450 e. The molecule has 96 valence electrons. The molecule has 0 saturated carbocycles. The fourth-order valence-corrected chi connectivity index (χ4v) is 1.31. The van der Waals surface area contributed by atoms with Gasteiger partial charge < -0.3 is 9.84 Å². The number of hydrogen-bond acceptors (Lipinski definition) is 4. The highest BCUT2D eigenvalue weighted by Crippen LogP contribution is 2.08. The average Bonchev–Trinajstić information content (AvgIpc) is 2.17. The summed E-state index contributed by atoms with van der Waals surface area (Å²) >= 11 is 0. The van der Waals surface area contributed by atoms with Crippen molar-refractivity contribution in [1.82, 2.24) is 0 Å². The Morgan fingerprint density at radius 2 is 1.76 bits per heavy atom. The van der Waals surface area contributed by atoms with Gasteiger partial charge in [-0.3, -0.25) is 4.55 Å². The van der Waals surface area contributed by atoms with Crippen molar-refractivity contribution in [2.75, 3.05) is 6.61 Å². The molecule has 0 heterocycles. The van der Waals surface area contributed by atoms with Crippen LogP contribution in [-0.4, -0.2) is 30.8 Å². The highest BCUT2D eigenvalue weighted by molar-refractivity contribution is 7.85. The van der Waals surface area contributed by atoms with Crippen molar-refractivity contribution in [2.45, 2.75) is 18.7 Å². The first-order chi connectivity index (χ1) is 7.77. The van der Waals surface area contributed by atoms with E-state index < -0.39 is 16.3 Å². The van der Waals surface area contributed by atoms with Crippen molar-refractivity contribution in [2.24, 2.45) is 0 Å². The van der Waals surface area contributed by atoms with E-state index in [2.05, 4.69) is 4.74 Å². The van der Waals surface area contributed by atoms with Gasteiger partial charge in [0.1, 0.15) is 0 Å². The third-order valence-corrected chi connectivity index (χ3v) is 2.45. The van der Waals surface area contributed by atoms with E-state index in [1.54, 1.807) is 19.1 Å². The molecule has 0 unspecified atom stereocenters. The average molecular weight is 262 g/mol. The minimum absolute atomic E-state index is 0.0666. The molecule has 6 nitrogen and oxygen atoms in total. The predicted octanol–water partition coefficient (Wildman–Crippen LogP) is 1.94. The van der Waals surface area contributed by atoms with Gasteiger partial charge in [-0.15, -0.1) is 0 Å². The van der Waals surface area contributed by atoms with Gasteiger partial charge in [-0.1, -0.05) is 17.7 Å². The van der Waals surface area contributed by atoms with Gasteiger partial charge in [0.05, 0.1) is 11.5 Å². The lowest BCUT2D eigenvalue weighted by molar-refractivity contribution is 0.0966. The second kappa shape index (κ2) is 6.87. The summed E-state index contributed by atoms with van der Waals surface area (Å²) < 4.78 is 33.5. The third kappa shape index (κ3) is 7.31. The van der Waals surface area contributed by atoms with Crippen LogP contribution < -0.4 is 0 Å². The van der Waals surface area contributed by atoms with Crippen molar-refractivity contribution < 1.29 is 27.6 Å². The molecule has 0 fully saturated rings. The van der Waals surface area contributed by atoms with Crippen LogP contribution in [0.2, 0.25) is 0 Å². The van der Waals surface area contributed by atoms with Gasteiger partial charge >= 0.3 is 6.16 Å². The highest BCUT2D eigenvalue weighted by atomic mass is 32.2. The maximum atomic E-state index is 10.5. The van der Waals surface area contributed by atoms with Crippen LogP contribution in [0.5, 0.6) is 0 Å². The molecule has 0 aliphatic carbocycles. The van der Waals surface area contributed by atoms with Crippen LogP contribution in [0.25, 0.3) is 0 Å². The SMILES string of the molecule is CCOC(=O)O.Cc1ccc(S(=O)(=O)O)cc1. The van der Waals surface area contributed by atoms with Crippen molar-refractivity contribution in [3.63, 3.8) is 0 Å². The Labute approximate surface area is 99.6 Å². The van der Waals surface area contributed by atoms with E-state index in [-0.39, 0.29) is 11.5 Å². The van der Waals surface area contributed by atoms with Crippen LogP contribution in [0.3, 0.4) is 0 Å². The van der Waals surface area contributed by atoms with E-state index >= 15 is 0 Å². The molecule has 0 atom stereocenters. The molecular formula is C10H14O6S. The summed E-state index contributed by atoms with van der Waals surface area (Å²) in [5, 5.41) is 7.69. The van der Waals surface area contributed by atoms with Gasteiger partial charge in [0.25, 0.3) is 10.1 Å². The maximum absolute atomic E-state index is 10.5. The van der Waals surface area contributed by atoms with E-state index in [0.717, 1.165) is 5.56 Å². The fourth-order valence-electron chi connectivity index (χ4n) is 0.834. The first-order valence-corrected chi connectivity index (χ1v) is 6.11. The smallest absolute Gasteiger partial charge is 0.450 e. The van der Waals surface area contributed by atoms with E-state index in [4.69, 9.17) is 9.66 Å². The lowest BCUT2D eigenvalue weighted by Crippen LogP contribution is -1.97. The summed E-state index contributed by atoms with van der Waals surface area (Å²) in [5.74, 6) is 0. The molecule has 0 bridgehead atoms. The van der Waals surface area contributed by atoms with Crippen molar-refractivity contribution in [3.8, 4) is 0 Å². The molecule has 0 saturated heterocycles. The van der Waals surface area contributed by atoms with Gasteiger partial charge in [-0.2, -0.15) is 8.42 Å². The van der Waals surface area contributed by atoms with Gasteiger partial charge in [-0.25, -0.2) is 4.79 Å². The van der Waals surface area contributed by atoms with Crippen LogP contribution in [0.1, 0.15) is 12.5 Å². The Morgan fingerprint density at radius 3 is 2.00 bits per heavy atom. The number of hydrogen-bond donors (Lipinski definition) is 2. The van der Waals surface area contributed by atoms with E-state index in [0.29, 0.717) is 0 Å². The summed E-state index contributed by atoms with van der Waals surface area (Å²) in [5.41, 5.74) is 0.956. The van der Waals surface area contributed by atoms with Crippen LogP contribution >= 0.6 is 0 Å². The van der Waals surface area contributed by atoms with Crippen molar-refractivity contribution >= 4 is 16.3 Å². The summed E-state index contributed by atoms with van der Waals surface area (Å²) in [6, 6.07) is 5.99. The Kier molecular flexibility index (Phi) is 6.22. The molecule has 0 aliphatic heterocycles. The van der Waals surface area contributed by atoms with Crippen molar-refractivity contribution in [1.29, 1.82) is 0 Å². The zero-order valence-corrected chi connectivity index (χ0v) is 10.3. The van der Waals surface area contributed by atoms with E-state index in [1.165, 1.54) is 12.1 Å². The Bertz CT molecular complexity index is 448. The predicted molar refractivity (Wildman–Crippen MR) is 60.6 cm³/mol. The van der Waals surface area contributed by atoms with Gasteiger partial charge in [-0.05, 0) is 26.0 Å². The zero-order chi connectivity index (χ0) is 13.5. The largest absolute Gasteiger partial charge is 0.505 e. The van der Waals surface area contributed by atoms with Crippen molar-refractivity contribution in [3.05, 3.63) is 29.8 Å². The standard InChI is InChI=1S/C7H8O3S.C3H6O3/c1-6-2-4-7(5-3-6)11(8,9)10;1-2-6-3(4)5/h2-5H,1H3,(H,8,9,10);2H2,1H3,(H,4,5). The number of benzene rings is 1. The quantitative estimate of drug-likeness (QED) is 0.624. The molecule has 1 aromatic rings. The second-order valence-electron chi connectivity index (χ2n) is 2.99. The van der Waals surface area contributed by atoms with Gasteiger partial charge in [0, 0.05) is 0 Å². The molecule has 0 amide bonds. The number of carboxylic acid groups (broad SMARTS) is 1. The number of aryl methyl sites for hydroxylation is 1. The number of carbonyl (C=O) groups is 1. The second-order valence-corrected chi connectivity index (χ2v) is 4.41. The molecule has 0 aliphatic rings. The number of rotatable bonds is 2. The van der Waals surface area contributed by atoms with Crippen LogP contribution in [-0.2, 0) is 14.9 Å². The lowest BCUT2D eigenvalue weighted by atomic mass is 10.2. The van der Waals surface area contributed by atoms with Crippen LogP contribution in [0.4, 0.5) is 4.79 Å². The van der Waals surface area contributed by atoms with Crippen LogP contribution in [0, 0.1) is 6.92 Å². The minimum atomic E-state index is -4.02. The van der Waals surface area contributed by atoms with Gasteiger partial charge in [0.2, 0.25) is 0 Å². The zero-order valence-electron chi connectivity index (χ0n) is 9.45. The molecule has 1 rings (SSSR count). The third-order valence-electron chi connectivity index (χ3n) is 1.59. The number of ether oxygens (including phenoxy) is 1. The molecule has 0 spiro atoms. The first-order valence-electron chi connectivity index (χ1n) is 4.67. The Balaban J connectivity index is 0.000000366. The highest BCUT2D eigenvalue weighted by Gasteiger charge is 2.06. The monoisotopic (exact) mass is 262 g/mol. The van der Waals surface area contributed by atoms with Crippen LogP contribution in [0.15, 0.2) is 29.2 Å². The van der Waals surface area contributed by atoms with Gasteiger partial charge in [0.15, 0.2) is 0 Å².